The Morgan fingerprint density at radius 1 is 1.48 bits per heavy atom. The monoisotopic (exact) mass is 406 g/mol. The number of carbonyl (C=O) groups excluding carboxylic acids is 1. The maximum absolute atomic E-state index is 12.9. The van der Waals surface area contributed by atoms with Crippen LogP contribution in [-0.4, -0.2) is 49.2 Å². The summed E-state index contributed by atoms with van der Waals surface area (Å²) in [5.74, 6) is -0.467. The molecule has 0 N–H and O–H groups in total. The molecule has 0 aromatic carbocycles. The topological polar surface area (TPSA) is 66.9 Å². The van der Waals surface area contributed by atoms with Gasteiger partial charge in [-0.25, -0.2) is 0 Å². The van der Waals surface area contributed by atoms with Gasteiger partial charge in [-0.3, -0.25) is 4.79 Å². The first kappa shape index (κ1) is 20.4. The third-order valence-electron chi connectivity index (χ3n) is 4.02. The molecule has 6 nitrogen and oxygen atoms in total. The summed E-state index contributed by atoms with van der Waals surface area (Å²) >= 11 is 7.29. The van der Waals surface area contributed by atoms with Crippen LogP contribution in [-0.2, 0) is 26.3 Å². The van der Waals surface area contributed by atoms with Gasteiger partial charge in [-0.05, 0) is 31.9 Å². The Labute approximate surface area is 158 Å². The molecule has 140 valence electrons. The van der Waals surface area contributed by atoms with Gasteiger partial charge in [-0.15, -0.1) is 17.9 Å². The lowest BCUT2D eigenvalue weighted by molar-refractivity contribution is -0.149. The molecule has 1 aliphatic rings. The first-order valence-corrected chi connectivity index (χ1v) is 10.7. The maximum Gasteiger partial charge on any atom is 0.309 e. The molecule has 0 radical (unpaired) electrons. The molecule has 1 aromatic heterocycles. The Hall–Kier alpha value is -0.930. The molecule has 0 unspecified atom stereocenters. The second-order valence-corrected chi connectivity index (χ2v) is 9.45. The zero-order chi connectivity index (χ0) is 18.4. The van der Waals surface area contributed by atoms with Gasteiger partial charge in [-0.2, -0.15) is 17.0 Å². The number of thiophene rings is 1. The maximum atomic E-state index is 12.9. The van der Waals surface area contributed by atoms with Gasteiger partial charge in [0.15, 0.2) is 0 Å². The summed E-state index contributed by atoms with van der Waals surface area (Å²) in [5, 5.41) is 0. The SMILES string of the molecule is C=CCN(Cc1ccc(Cl)s1)S(=O)(=O)N1CCC(C(=O)OCC)CC1. The minimum atomic E-state index is -3.63. The third kappa shape index (κ3) is 5.27. The minimum absolute atomic E-state index is 0.218. The van der Waals surface area contributed by atoms with Gasteiger partial charge in [0.05, 0.1) is 16.9 Å². The summed E-state index contributed by atoms with van der Waals surface area (Å²) in [4.78, 5) is 12.7. The lowest BCUT2D eigenvalue weighted by Gasteiger charge is -2.33. The van der Waals surface area contributed by atoms with Crippen LogP contribution in [0.25, 0.3) is 0 Å². The van der Waals surface area contributed by atoms with Crippen LogP contribution < -0.4 is 0 Å². The molecular formula is C16H23ClN2O4S2. The largest absolute Gasteiger partial charge is 0.466 e. The number of carbonyl (C=O) groups is 1. The van der Waals surface area contributed by atoms with Crippen molar-refractivity contribution < 1.29 is 17.9 Å². The average Bonchev–Trinajstić information content (AvgIpc) is 3.00. The van der Waals surface area contributed by atoms with Crippen LogP contribution in [0.5, 0.6) is 0 Å². The molecule has 2 rings (SSSR count). The first-order chi connectivity index (χ1) is 11.9. The van der Waals surface area contributed by atoms with E-state index in [0.29, 0.717) is 36.9 Å². The van der Waals surface area contributed by atoms with E-state index in [1.807, 2.05) is 6.07 Å². The number of hydrogen-bond acceptors (Lipinski definition) is 5. The Bertz CT molecular complexity index is 697. The van der Waals surface area contributed by atoms with Crippen molar-refractivity contribution in [3.63, 3.8) is 0 Å². The number of piperidine rings is 1. The van der Waals surface area contributed by atoms with Crippen molar-refractivity contribution in [2.24, 2.45) is 5.92 Å². The Morgan fingerprint density at radius 2 is 2.16 bits per heavy atom. The van der Waals surface area contributed by atoms with Crippen molar-refractivity contribution >= 4 is 39.1 Å². The molecule has 0 bridgehead atoms. The van der Waals surface area contributed by atoms with E-state index < -0.39 is 10.2 Å². The van der Waals surface area contributed by atoms with E-state index in [-0.39, 0.29) is 25.0 Å². The summed E-state index contributed by atoms with van der Waals surface area (Å²) in [7, 11) is -3.63. The fourth-order valence-corrected chi connectivity index (χ4v) is 5.52. The van der Waals surface area contributed by atoms with Gasteiger partial charge in [-0.1, -0.05) is 17.7 Å². The van der Waals surface area contributed by atoms with Crippen LogP contribution in [0.3, 0.4) is 0 Å². The highest BCUT2D eigenvalue weighted by atomic mass is 35.5. The summed E-state index contributed by atoms with van der Waals surface area (Å²) in [6.07, 6.45) is 2.52. The lowest BCUT2D eigenvalue weighted by atomic mass is 9.98. The lowest BCUT2D eigenvalue weighted by Crippen LogP contribution is -2.47. The first-order valence-electron chi connectivity index (χ1n) is 8.15. The smallest absolute Gasteiger partial charge is 0.309 e. The van der Waals surface area contributed by atoms with E-state index in [9.17, 15) is 13.2 Å². The predicted molar refractivity (Wildman–Crippen MR) is 99.8 cm³/mol. The molecule has 0 spiro atoms. The highest BCUT2D eigenvalue weighted by molar-refractivity contribution is 7.86. The zero-order valence-corrected chi connectivity index (χ0v) is 16.6. The normalized spacial score (nSPS) is 16.9. The van der Waals surface area contributed by atoms with Gasteiger partial charge in [0.25, 0.3) is 10.2 Å². The molecule has 1 saturated heterocycles. The Kier molecular flexibility index (Phi) is 7.45. The van der Waals surface area contributed by atoms with E-state index in [1.54, 1.807) is 19.1 Å². The molecular weight excluding hydrogens is 384 g/mol. The number of nitrogens with zero attached hydrogens (tertiary/aromatic N) is 2. The van der Waals surface area contributed by atoms with Crippen LogP contribution in [0.1, 0.15) is 24.6 Å². The fourth-order valence-electron chi connectivity index (χ4n) is 2.74. The Morgan fingerprint density at radius 3 is 2.68 bits per heavy atom. The van der Waals surface area contributed by atoms with Gasteiger partial charge in [0.1, 0.15) is 0 Å². The van der Waals surface area contributed by atoms with Gasteiger partial charge < -0.3 is 4.74 Å². The minimum Gasteiger partial charge on any atom is -0.466 e. The van der Waals surface area contributed by atoms with Crippen molar-refractivity contribution in [1.82, 2.24) is 8.61 Å². The number of hydrogen-bond donors (Lipinski definition) is 0. The molecule has 1 aliphatic heterocycles. The van der Waals surface area contributed by atoms with Crippen LogP contribution in [0.4, 0.5) is 0 Å². The van der Waals surface area contributed by atoms with E-state index in [4.69, 9.17) is 16.3 Å². The zero-order valence-electron chi connectivity index (χ0n) is 14.2. The number of rotatable bonds is 8. The summed E-state index contributed by atoms with van der Waals surface area (Å²) < 4.78 is 34.4. The van der Waals surface area contributed by atoms with Crippen molar-refractivity contribution in [2.45, 2.75) is 26.3 Å². The standard InChI is InChI=1S/C16H23ClN2O4S2/c1-3-9-19(12-14-5-6-15(17)24-14)25(21,22)18-10-7-13(8-11-18)16(20)23-4-2/h3,5-6,13H,1,4,7-12H2,2H3. The second-order valence-electron chi connectivity index (χ2n) is 5.72. The van der Waals surface area contributed by atoms with E-state index in [1.165, 1.54) is 19.9 Å². The molecule has 0 atom stereocenters. The molecule has 2 heterocycles. The van der Waals surface area contributed by atoms with E-state index in [0.717, 1.165) is 4.88 Å². The fraction of sp³-hybridized carbons (Fsp3) is 0.562. The van der Waals surface area contributed by atoms with E-state index >= 15 is 0 Å². The quantitative estimate of drug-likeness (QED) is 0.491. The van der Waals surface area contributed by atoms with Crippen molar-refractivity contribution in [2.75, 3.05) is 26.2 Å². The van der Waals surface area contributed by atoms with Crippen molar-refractivity contribution in [1.29, 1.82) is 0 Å². The second kappa shape index (κ2) is 9.14. The summed E-state index contributed by atoms with van der Waals surface area (Å²) in [5.41, 5.74) is 0. The molecule has 1 fully saturated rings. The van der Waals surface area contributed by atoms with E-state index in [2.05, 4.69) is 6.58 Å². The molecule has 9 heteroatoms. The number of esters is 1. The average molecular weight is 407 g/mol. The van der Waals surface area contributed by atoms with Crippen LogP contribution in [0, 0.1) is 5.92 Å². The highest BCUT2D eigenvalue weighted by Crippen LogP contribution is 2.26. The molecule has 25 heavy (non-hydrogen) atoms. The highest BCUT2D eigenvalue weighted by Gasteiger charge is 2.35. The van der Waals surface area contributed by atoms with Crippen LogP contribution in [0.15, 0.2) is 24.8 Å². The molecule has 0 saturated carbocycles. The van der Waals surface area contributed by atoms with Crippen LogP contribution >= 0.6 is 22.9 Å². The predicted octanol–water partition coefficient (Wildman–Crippen LogP) is 2.91. The van der Waals surface area contributed by atoms with Crippen LogP contribution in [0.2, 0.25) is 4.34 Å². The molecule has 1 aromatic rings. The Balaban J connectivity index is 2.04. The van der Waals surface area contributed by atoms with Gasteiger partial charge in [0.2, 0.25) is 0 Å². The molecule has 0 amide bonds. The third-order valence-corrected chi connectivity index (χ3v) is 7.18. The van der Waals surface area contributed by atoms with Crippen molar-refractivity contribution in [3.05, 3.63) is 34.0 Å². The number of halogens is 1. The summed E-state index contributed by atoms with van der Waals surface area (Å²) in [6, 6.07) is 3.58. The molecule has 0 aliphatic carbocycles. The summed E-state index contributed by atoms with van der Waals surface area (Å²) in [6.45, 7) is 6.85. The van der Waals surface area contributed by atoms with Crippen molar-refractivity contribution in [3.8, 4) is 0 Å². The van der Waals surface area contributed by atoms with Gasteiger partial charge >= 0.3 is 5.97 Å². The van der Waals surface area contributed by atoms with Gasteiger partial charge in [0, 0.05) is 31.1 Å². The number of ether oxygens (including phenoxy) is 1.